The third-order valence-corrected chi connectivity index (χ3v) is 2.99. The first kappa shape index (κ1) is 16.8. The van der Waals surface area contributed by atoms with Crippen LogP contribution in [0.3, 0.4) is 0 Å². The van der Waals surface area contributed by atoms with Crippen molar-refractivity contribution in [2.24, 2.45) is 0 Å². The van der Waals surface area contributed by atoms with E-state index in [0.29, 0.717) is 6.61 Å². The van der Waals surface area contributed by atoms with Gasteiger partial charge >= 0.3 is 5.97 Å². The maximum Gasteiger partial charge on any atom is 0.332 e. The largest absolute Gasteiger partial charge is 0.458 e. The van der Waals surface area contributed by atoms with E-state index in [1.165, 1.54) is 4.90 Å². The molecule has 1 rings (SSSR count). The fourth-order valence-corrected chi connectivity index (χ4v) is 2.08. The fourth-order valence-electron chi connectivity index (χ4n) is 1.37. The Morgan fingerprint density at radius 2 is 1.95 bits per heavy atom. The van der Waals surface area contributed by atoms with Crippen LogP contribution in [0.4, 0.5) is 0 Å². The van der Waals surface area contributed by atoms with Crippen LogP contribution in [0.1, 0.15) is 27.2 Å². The minimum atomic E-state index is -0.452. The number of rotatable bonds is 7. The minimum Gasteiger partial charge on any atom is -0.458 e. The summed E-state index contributed by atoms with van der Waals surface area (Å²) in [6, 6.07) is 10.2. The molecule has 20 heavy (non-hydrogen) atoms. The van der Waals surface area contributed by atoms with E-state index in [9.17, 15) is 4.79 Å². The monoisotopic (exact) mass is 294 g/mol. The number of benzene rings is 1. The molecule has 0 N–H and O–H groups in total. The van der Waals surface area contributed by atoms with Gasteiger partial charge in [0.1, 0.15) is 12.2 Å². The molecule has 0 saturated heterocycles. The average Bonchev–Trinajstić information content (AvgIpc) is 2.37. The number of esters is 1. The molecule has 0 aliphatic carbocycles. The van der Waals surface area contributed by atoms with E-state index in [1.807, 2.05) is 50.5 Å². The lowest BCUT2D eigenvalue weighted by molar-refractivity contribution is -0.160. The van der Waals surface area contributed by atoms with E-state index < -0.39 is 5.60 Å². The summed E-state index contributed by atoms with van der Waals surface area (Å²) in [7, 11) is 0. The summed E-state index contributed by atoms with van der Waals surface area (Å²) >= 11 is 1.66. The first-order valence-corrected chi connectivity index (χ1v) is 7.52. The molecule has 0 unspecified atom stereocenters. The maximum absolute atomic E-state index is 11.4. The van der Waals surface area contributed by atoms with Crippen LogP contribution in [0.2, 0.25) is 0 Å². The van der Waals surface area contributed by atoms with Gasteiger partial charge in [-0.05, 0) is 44.7 Å². The highest BCUT2D eigenvalue weighted by molar-refractivity contribution is 8.02. The molecule has 0 aliphatic rings. The standard InChI is InChI=1S/C16H22O3S/c1-16(2,3)19-15(17)13-18-11-7-8-12-20-14-9-5-4-6-10-14/h4-6,8-10,12H,7,11,13H2,1-3H3. The van der Waals surface area contributed by atoms with E-state index >= 15 is 0 Å². The lowest BCUT2D eigenvalue weighted by Gasteiger charge is -2.19. The quantitative estimate of drug-likeness (QED) is 0.432. The lowest BCUT2D eigenvalue weighted by atomic mass is 10.2. The van der Waals surface area contributed by atoms with Gasteiger partial charge in [-0.15, -0.1) is 0 Å². The number of hydrogen-bond donors (Lipinski definition) is 0. The molecule has 110 valence electrons. The Morgan fingerprint density at radius 3 is 2.60 bits per heavy atom. The zero-order valence-corrected chi connectivity index (χ0v) is 13.1. The van der Waals surface area contributed by atoms with Gasteiger partial charge in [0.2, 0.25) is 0 Å². The zero-order chi connectivity index (χ0) is 14.8. The maximum atomic E-state index is 11.4. The first-order valence-electron chi connectivity index (χ1n) is 6.64. The molecule has 0 radical (unpaired) electrons. The summed E-state index contributed by atoms with van der Waals surface area (Å²) in [5, 5.41) is 2.03. The molecular formula is C16H22O3S. The van der Waals surface area contributed by atoms with Gasteiger partial charge < -0.3 is 9.47 Å². The van der Waals surface area contributed by atoms with Crippen LogP contribution in [0.15, 0.2) is 46.7 Å². The van der Waals surface area contributed by atoms with Crippen molar-refractivity contribution in [3.05, 3.63) is 41.8 Å². The SMILES string of the molecule is CC(C)(C)OC(=O)COCCC=CSc1ccccc1. The van der Waals surface area contributed by atoms with Crippen molar-refractivity contribution < 1.29 is 14.3 Å². The van der Waals surface area contributed by atoms with Crippen LogP contribution in [0.25, 0.3) is 0 Å². The summed E-state index contributed by atoms with van der Waals surface area (Å²) in [6.45, 7) is 6.05. The van der Waals surface area contributed by atoms with Crippen molar-refractivity contribution >= 4 is 17.7 Å². The van der Waals surface area contributed by atoms with E-state index in [0.717, 1.165) is 6.42 Å². The second-order valence-corrected chi connectivity index (χ2v) is 6.21. The zero-order valence-electron chi connectivity index (χ0n) is 12.3. The van der Waals surface area contributed by atoms with Crippen LogP contribution in [-0.2, 0) is 14.3 Å². The van der Waals surface area contributed by atoms with E-state index in [2.05, 4.69) is 12.1 Å². The van der Waals surface area contributed by atoms with Gasteiger partial charge in [-0.25, -0.2) is 4.79 Å². The lowest BCUT2D eigenvalue weighted by Crippen LogP contribution is -2.26. The molecule has 3 nitrogen and oxygen atoms in total. The molecule has 0 bridgehead atoms. The summed E-state index contributed by atoms with van der Waals surface area (Å²) in [5.41, 5.74) is -0.452. The highest BCUT2D eigenvalue weighted by Gasteiger charge is 2.15. The van der Waals surface area contributed by atoms with Gasteiger partial charge in [0.25, 0.3) is 0 Å². The van der Waals surface area contributed by atoms with Crippen molar-refractivity contribution in [3.63, 3.8) is 0 Å². The van der Waals surface area contributed by atoms with Crippen molar-refractivity contribution in [3.8, 4) is 0 Å². The smallest absolute Gasteiger partial charge is 0.332 e. The van der Waals surface area contributed by atoms with Crippen LogP contribution in [0.5, 0.6) is 0 Å². The third-order valence-electron chi connectivity index (χ3n) is 2.11. The predicted octanol–water partition coefficient (Wildman–Crippen LogP) is 4.04. The third kappa shape index (κ3) is 8.77. The van der Waals surface area contributed by atoms with Gasteiger partial charge in [0.15, 0.2) is 0 Å². The van der Waals surface area contributed by atoms with E-state index in [4.69, 9.17) is 9.47 Å². The Morgan fingerprint density at radius 1 is 1.25 bits per heavy atom. The minimum absolute atomic E-state index is 0.0109. The summed E-state index contributed by atoms with van der Waals surface area (Å²) < 4.78 is 10.4. The summed E-state index contributed by atoms with van der Waals surface area (Å²) in [6.07, 6.45) is 2.81. The molecule has 0 fully saturated rings. The Kier molecular flexibility index (Phi) is 7.41. The topological polar surface area (TPSA) is 35.5 Å². The normalized spacial score (nSPS) is 11.8. The van der Waals surface area contributed by atoms with Crippen molar-refractivity contribution in [2.45, 2.75) is 37.7 Å². The van der Waals surface area contributed by atoms with Crippen molar-refractivity contribution in [2.75, 3.05) is 13.2 Å². The van der Waals surface area contributed by atoms with Crippen molar-refractivity contribution in [1.29, 1.82) is 0 Å². The van der Waals surface area contributed by atoms with Crippen LogP contribution in [0, 0.1) is 0 Å². The van der Waals surface area contributed by atoms with Gasteiger partial charge in [-0.1, -0.05) is 36.0 Å². The molecule has 0 heterocycles. The number of thioether (sulfide) groups is 1. The Balaban J connectivity index is 2.06. The highest BCUT2D eigenvalue weighted by Crippen LogP contribution is 2.18. The van der Waals surface area contributed by atoms with Crippen LogP contribution < -0.4 is 0 Å². The number of carbonyl (C=O) groups excluding carboxylic acids is 1. The van der Waals surface area contributed by atoms with E-state index in [-0.39, 0.29) is 12.6 Å². The summed E-state index contributed by atoms with van der Waals surface area (Å²) in [5.74, 6) is -0.319. The fraction of sp³-hybridized carbons (Fsp3) is 0.438. The molecule has 0 atom stereocenters. The Bertz CT molecular complexity index is 421. The molecule has 1 aromatic carbocycles. The molecule has 0 amide bonds. The first-order chi connectivity index (χ1) is 9.47. The predicted molar refractivity (Wildman–Crippen MR) is 82.7 cm³/mol. The van der Waals surface area contributed by atoms with Crippen LogP contribution >= 0.6 is 11.8 Å². The Hall–Kier alpha value is -1.26. The number of hydrogen-bond acceptors (Lipinski definition) is 4. The van der Waals surface area contributed by atoms with E-state index in [1.54, 1.807) is 11.8 Å². The molecule has 0 spiro atoms. The van der Waals surface area contributed by atoms with Crippen molar-refractivity contribution in [1.82, 2.24) is 0 Å². The summed E-state index contributed by atoms with van der Waals surface area (Å²) in [4.78, 5) is 12.6. The second-order valence-electron chi connectivity index (χ2n) is 5.23. The molecule has 0 aliphatic heterocycles. The number of ether oxygens (including phenoxy) is 2. The van der Waals surface area contributed by atoms with Gasteiger partial charge in [0.05, 0.1) is 6.61 Å². The number of carbonyl (C=O) groups is 1. The molecule has 1 aromatic rings. The highest BCUT2D eigenvalue weighted by atomic mass is 32.2. The molecule has 4 heteroatoms. The average molecular weight is 294 g/mol. The van der Waals surface area contributed by atoms with Gasteiger partial charge in [-0.2, -0.15) is 0 Å². The van der Waals surface area contributed by atoms with Gasteiger partial charge in [-0.3, -0.25) is 0 Å². The Labute approximate surface area is 125 Å². The van der Waals surface area contributed by atoms with Gasteiger partial charge in [0, 0.05) is 4.90 Å². The molecular weight excluding hydrogens is 272 g/mol. The molecule has 0 saturated carbocycles. The van der Waals surface area contributed by atoms with Crippen LogP contribution in [-0.4, -0.2) is 24.8 Å². The second kappa shape index (κ2) is 8.82. The molecule has 0 aromatic heterocycles.